The Morgan fingerprint density at radius 1 is 1.03 bits per heavy atom. The Kier molecular flexibility index (Phi) is 17.9. The third-order valence-electron chi connectivity index (χ3n) is 13.2. The van der Waals surface area contributed by atoms with Crippen LogP contribution in [0.4, 0.5) is 0 Å². The van der Waals surface area contributed by atoms with Crippen molar-refractivity contribution in [3.05, 3.63) is 45.9 Å². The minimum Gasteiger partial charge on any atom is -0.481 e. The van der Waals surface area contributed by atoms with E-state index in [1.807, 2.05) is 44.9 Å². The van der Waals surface area contributed by atoms with Crippen LogP contribution in [-0.2, 0) is 23.9 Å². The lowest BCUT2D eigenvalue weighted by atomic mass is 9.92. The summed E-state index contributed by atoms with van der Waals surface area (Å²) in [4.78, 5) is 76.0. The SMILES string of the molecule is CCCO[C@H](C[C@H](C(C)C)N(CCC)C(=O)[C@@H](NC(=O)[C@H]1CCCCN1C)[C@@H](C)CC)c1nc(C(=O)NC2(C[C@H](C)C(=O)O)CC2c2ccc(OC(=O)[C@H]3CCCN3)cc2)cs1. The molecule has 4 N–H and O–H groups in total. The third-order valence-corrected chi connectivity index (χ3v) is 14.1. The number of carboxylic acids is 1. The molecule has 62 heavy (non-hydrogen) atoms. The summed E-state index contributed by atoms with van der Waals surface area (Å²) in [7, 11) is 1.98. The van der Waals surface area contributed by atoms with Gasteiger partial charge in [-0.3, -0.25) is 24.1 Å². The van der Waals surface area contributed by atoms with Crippen molar-refractivity contribution in [2.75, 3.05) is 33.3 Å². The largest absolute Gasteiger partial charge is 0.481 e. The average molecular weight is 881 g/mol. The highest BCUT2D eigenvalue weighted by Gasteiger charge is 2.57. The first-order valence-electron chi connectivity index (χ1n) is 23.1. The zero-order chi connectivity index (χ0) is 45.1. The highest BCUT2D eigenvalue weighted by atomic mass is 32.1. The van der Waals surface area contributed by atoms with Gasteiger partial charge in [-0.05, 0) is 101 Å². The topological polar surface area (TPSA) is 179 Å². The van der Waals surface area contributed by atoms with Gasteiger partial charge in [-0.15, -0.1) is 11.3 Å². The molecule has 1 saturated carbocycles. The molecule has 1 aromatic carbocycles. The van der Waals surface area contributed by atoms with Gasteiger partial charge in [-0.25, -0.2) is 9.78 Å². The molecule has 15 heteroatoms. The number of ether oxygens (including phenoxy) is 2. The molecule has 1 aromatic heterocycles. The molecule has 2 aliphatic heterocycles. The van der Waals surface area contributed by atoms with Gasteiger partial charge in [0.15, 0.2) is 0 Å². The summed E-state index contributed by atoms with van der Waals surface area (Å²) >= 11 is 1.34. The summed E-state index contributed by atoms with van der Waals surface area (Å²) in [5.74, 6) is -2.27. The molecule has 344 valence electrons. The predicted octanol–water partition coefficient (Wildman–Crippen LogP) is 6.70. The standard InChI is InChI=1S/C47H72N6O8S/c1-9-22-53(44(56)40(30(6)11-3)50-42(55)37-16-12-13-23-52(37)8)38(29(4)5)25-39(60-24-10-2)43-49-36(28-62-43)41(54)51-47(26-31(7)45(57)58)27-34(47)32-17-19-33(20-18-32)61-46(59)35-15-14-21-48-35/h17-20,28-31,34-35,37-40,48H,9-16,21-27H2,1-8H3,(H,50,55)(H,51,54)(H,57,58)/t30-,31-,34?,35+,37+,38+,39+,40-,47?/m0/s1. The number of esters is 1. The number of hydrogen-bond donors (Lipinski definition) is 4. The molecule has 3 fully saturated rings. The number of carbonyl (C=O) groups is 5. The van der Waals surface area contributed by atoms with Crippen LogP contribution in [0.2, 0.25) is 0 Å². The molecular weight excluding hydrogens is 809 g/mol. The molecule has 0 radical (unpaired) electrons. The fraction of sp³-hybridized carbons (Fsp3) is 0.702. The van der Waals surface area contributed by atoms with E-state index in [4.69, 9.17) is 14.5 Å². The molecule has 14 nitrogen and oxygen atoms in total. The van der Waals surface area contributed by atoms with Crippen molar-refractivity contribution in [2.45, 2.75) is 161 Å². The summed E-state index contributed by atoms with van der Waals surface area (Å²) in [6, 6.07) is 5.76. The number of likely N-dealkylation sites (N-methyl/N-ethyl adjacent to an activating group) is 1. The number of aliphatic carboxylic acids is 1. The number of carbonyl (C=O) groups excluding carboxylic acids is 4. The second kappa shape index (κ2) is 22.6. The maximum Gasteiger partial charge on any atom is 0.328 e. The van der Waals surface area contributed by atoms with Crippen molar-refractivity contribution in [3.8, 4) is 5.75 Å². The van der Waals surface area contributed by atoms with E-state index in [1.165, 1.54) is 11.3 Å². The molecule has 2 unspecified atom stereocenters. The fourth-order valence-electron chi connectivity index (χ4n) is 9.14. The van der Waals surface area contributed by atoms with Gasteiger partial charge in [0, 0.05) is 42.5 Å². The van der Waals surface area contributed by atoms with Crippen LogP contribution in [0.25, 0.3) is 0 Å². The van der Waals surface area contributed by atoms with Crippen LogP contribution in [0.15, 0.2) is 29.6 Å². The molecule has 9 atom stereocenters. The summed E-state index contributed by atoms with van der Waals surface area (Å²) in [5.41, 5.74) is 0.331. The van der Waals surface area contributed by atoms with Crippen molar-refractivity contribution in [1.82, 2.24) is 30.7 Å². The Balaban J connectivity index is 1.33. The minimum absolute atomic E-state index is 0.0482. The molecule has 5 rings (SSSR count). The summed E-state index contributed by atoms with van der Waals surface area (Å²) in [6.45, 7) is 16.6. The van der Waals surface area contributed by atoms with Crippen molar-refractivity contribution in [1.29, 1.82) is 0 Å². The lowest BCUT2D eigenvalue weighted by molar-refractivity contribution is -0.143. The molecule has 2 aromatic rings. The Bertz CT molecular complexity index is 1820. The number of piperidine rings is 1. The van der Waals surface area contributed by atoms with E-state index in [-0.39, 0.29) is 65.8 Å². The number of nitrogens with one attached hydrogen (secondary N) is 3. The molecule has 0 spiro atoms. The molecule has 3 aliphatic rings. The first-order chi connectivity index (χ1) is 29.6. The summed E-state index contributed by atoms with van der Waals surface area (Å²) < 4.78 is 12.1. The van der Waals surface area contributed by atoms with Crippen LogP contribution in [-0.4, -0.2) is 113 Å². The summed E-state index contributed by atoms with van der Waals surface area (Å²) in [5, 5.41) is 21.8. The second-order valence-corrected chi connectivity index (χ2v) is 19.2. The molecule has 2 saturated heterocycles. The van der Waals surface area contributed by atoms with Crippen molar-refractivity contribution in [2.24, 2.45) is 17.8 Å². The third kappa shape index (κ3) is 12.4. The predicted molar refractivity (Wildman–Crippen MR) is 240 cm³/mol. The number of benzene rings is 1. The average Bonchev–Trinajstić information content (AvgIpc) is 3.60. The number of nitrogens with zero attached hydrogens (tertiary/aromatic N) is 3. The monoisotopic (exact) mass is 881 g/mol. The quantitative estimate of drug-likeness (QED) is 0.0689. The van der Waals surface area contributed by atoms with Crippen LogP contribution in [0.3, 0.4) is 0 Å². The van der Waals surface area contributed by atoms with Crippen LogP contribution >= 0.6 is 11.3 Å². The number of rotatable bonds is 23. The van der Waals surface area contributed by atoms with E-state index < -0.39 is 35.5 Å². The highest BCUT2D eigenvalue weighted by Crippen LogP contribution is 2.55. The molecule has 3 heterocycles. The Morgan fingerprint density at radius 3 is 2.39 bits per heavy atom. The number of carboxylic acid groups (broad SMARTS) is 1. The molecular formula is C47H72N6O8S. The molecule has 1 aliphatic carbocycles. The lowest BCUT2D eigenvalue weighted by Crippen LogP contribution is -2.58. The van der Waals surface area contributed by atoms with E-state index in [9.17, 15) is 29.1 Å². The first kappa shape index (κ1) is 49.1. The van der Waals surface area contributed by atoms with Crippen molar-refractivity contribution < 1.29 is 38.6 Å². The fourth-order valence-corrected chi connectivity index (χ4v) is 10.00. The number of thiazole rings is 1. The van der Waals surface area contributed by atoms with Crippen LogP contribution in [0, 0.1) is 17.8 Å². The van der Waals surface area contributed by atoms with E-state index in [0.29, 0.717) is 36.8 Å². The van der Waals surface area contributed by atoms with Gasteiger partial charge in [0.2, 0.25) is 11.8 Å². The van der Waals surface area contributed by atoms with Crippen LogP contribution in [0.5, 0.6) is 5.75 Å². The normalized spacial score (nSPS) is 23.8. The number of amides is 3. The number of hydrogen-bond acceptors (Lipinski definition) is 11. The van der Waals surface area contributed by atoms with Gasteiger partial charge in [0.1, 0.15) is 34.6 Å². The van der Waals surface area contributed by atoms with Gasteiger partial charge in [-0.2, -0.15) is 0 Å². The van der Waals surface area contributed by atoms with Crippen molar-refractivity contribution >= 4 is 41.0 Å². The minimum atomic E-state index is -0.941. The smallest absolute Gasteiger partial charge is 0.328 e. The summed E-state index contributed by atoms with van der Waals surface area (Å²) in [6.07, 6.45) is 7.46. The second-order valence-electron chi connectivity index (χ2n) is 18.3. The molecule has 0 bridgehead atoms. The lowest BCUT2D eigenvalue weighted by Gasteiger charge is -2.40. The van der Waals surface area contributed by atoms with E-state index in [0.717, 1.165) is 70.0 Å². The molecule has 3 amide bonds. The highest BCUT2D eigenvalue weighted by molar-refractivity contribution is 7.09. The first-order valence-corrected chi connectivity index (χ1v) is 24.0. The Labute approximate surface area is 372 Å². The number of aromatic nitrogens is 1. The van der Waals surface area contributed by atoms with E-state index >= 15 is 0 Å². The van der Waals surface area contributed by atoms with Gasteiger partial charge in [0.25, 0.3) is 5.91 Å². The maximum atomic E-state index is 14.7. The van der Waals surface area contributed by atoms with Gasteiger partial charge >= 0.3 is 11.9 Å². The van der Waals surface area contributed by atoms with E-state index in [2.05, 4.69) is 41.6 Å². The van der Waals surface area contributed by atoms with Gasteiger partial charge < -0.3 is 35.4 Å². The van der Waals surface area contributed by atoms with Gasteiger partial charge in [-0.1, -0.05) is 73.4 Å². The van der Waals surface area contributed by atoms with Gasteiger partial charge in [0.05, 0.1) is 12.0 Å². The van der Waals surface area contributed by atoms with Crippen LogP contribution in [0.1, 0.15) is 152 Å². The Morgan fingerprint density at radius 2 is 1.77 bits per heavy atom. The van der Waals surface area contributed by atoms with E-state index in [1.54, 1.807) is 24.4 Å². The zero-order valence-electron chi connectivity index (χ0n) is 38.2. The number of likely N-dealkylation sites (tertiary alicyclic amines) is 1. The zero-order valence-corrected chi connectivity index (χ0v) is 39.1. The maximum absolute atomic E-state index is 14.7. The van der Waals surface area contributed by atoms with Crippen LogP contribution < -0.4 is 20.7 Å². The Hall–Kier alpha value is -3.92. The van der Waals surface area contributed by atoms with Crippen molar-refractivity contribution in [3.63, 3.8) is 0 Å².